The van der Waals surface area contributed by atoms with Crippen molar-refractivity contribution < 1.29 is 24.2 Å². The summed E-state index contributed by atoms with van der Waals surface area (Å²) < 4.78 is 4.63. The molecule has 5 nitrogen and oxygen atoms in total. The Balaban J connectivity index is 2.63. The summed E-state index contributed by atoms with van der Waals surface area (Å²) in [6, 6.07) is 0. The van der Waals surface area contributed by atoms with Gasteiger partial charge in [-0.25, -0.2) is 0 Å². The van der Waals surface area contributed by atoms with Gasteiger partial charge in [0.1, 0.15) is 6.10 Å². The van der Waals surface area contributed by atoms with E-state index >= 15 is 0 Å². The van der Waals surface area contributed by atoms with Gasteiger partial charge in [-0.05, 0) is 6.08 Å². The van der Waals surface area contributed by atoms with Gasteiger partial charge in [0, 0.05) is 5.92 Å². The van der Waals surface area contributed by atoms with Crippen LogP contribution in [0.2, 0.25) is 0 Å². The molecule has 1 aliphatic heterocycles. The predicted octanol–water partition coefficient (Wildman–Crippen LogP) is -0.252. The van der Waals surface area contributed by atoms with Crippen LogP contribution in [0.5, 0.6) is 0 Å². The molecule has 2 rings (SSSR count). The summed E-state index contributed by atoms with van der Waals surface area (Å²) >= 11 is 0. The number of cyclic esters (lactones) is 1. The van der Waals surface area contributed by atoms with E-state index in [1.54, 1.807) is 6.92 Å². The second kappa shape index (κ2) is 3.12. The van der Waals surface area contributed by atoms with Crippen molar-refractivity contribution >= 4 is 17.5 Å². The van der Waals surface area contributed by atoms with E-state index in [1.165, 1.54) is 12.2 Å². The van der Waals surface area contributed by atoms with Gasteiger partial charge in [0.05, 0.1) is 0 Å². The minimum atomic E-state index is -1.83. The van der Waals surface area contributed by atoms with Crippen molar-refractivity contribution in [2.75, 3.05) is 0 Å². The quantitative estimate of drug-likeness (QED) is 0.347. The van der Waals surface area contributed by atoms with Gasteiger partial charge < -0.3 is 9.84 Å². The highest BCUT2D eigenvalue weighted by Gasteiger charge is 2.64. The summed E-state index contributed by atoms with van der Waals surface area (Å²) in [5.74, 6) is -3.20. The van der Waals surface area contributed by atoms with Crippen LogP contribution in [-0.4, -0.2) is 28.7 Å². The smallest absolute Gasteiger partial charge is 0.329 e. The number of ether oxygens (including phenoxy) is 1. The van der Waals surface area contributed by atoms with Gasteiger partial charge in [-0.1, -0.05) is 19.6 Å². The minimum Gasteiger partial charge on any atom is -0.422 e. The van der Waals surface area contributed by atoms with Gasteiger partial charge >= 0.3 is 5.97 Å². The lowest BCUT2D eigenvalue weighted by atomic mass is 9.65. The number of allylic oxidation sites excluding steroid dienone is 2. The standard InChI is InChI=1S/C11H10O5/c1-5-3-4-7(12)9(14)11(5)8(13)6(2)16-10(11)15/h3-5,9,14H,2H2,1H3/t5-,9+,11+/m0/s1. The van der Waals surface area contributed by atoms with E-state index in [4.69, 9.17) is 0 Å². The number of Topliss-reactive ketones (excluding diaryl/α,β-unsaturated/α-hetero) is 1. The molecule has 0 bridgehead atoms. The molecule has 0 saturated carbocycles. The van der Waals surface area contributed by atoms with Gasteiger partial charge in [-0.15, -0.1) is 0 Å². The molecule has 1 aliphatic carbocycles. The molecule has 0 aromatic rings. The van der Waals surface area contributed by atoms with E-state index in [1.807, 2.05) is 0 Å². The Hall–Kier alpha value is -1.75. The summed E-state index contributed by atoms with van der Waals surface area (Å²) in [4.78, 5) is 34.9. The molecule has 0 radical (unpaired) electrons. The third kappa shape index (κ3) is 1.01. The van der Waals surface area contributed by atoms with Crippen LogP contribution >= 0.6 is 0 Å². The molecule has 0 unspecified atom stereocenters. The van der Waals surface area contributed by atoms with E-state index in [9.17, 15) is 19.5 Å². The van der Waals surface area contributed by atoms with Crippen LogP contribution in [0.3, 0.4) is 0 Å². The Morgan fingerprint density at radius 3 is 2.56 bits per heavy atom. The molecule has 3 atom stereocenters. The van der Waals surface area contributed by atoms with Crippen molar-refractivity contribution in [1.29, 1.82) is 0 Å². The normalized spacial score (nSPS) is 38.4. The lowest BCUT2D eigenvalue weighted by molar-refractivity contribution is -0.161. The van der Waals surface area contributed by atoms with Crippen molar-refractivity contribution in [3.05, 3.63) is 24.5 Å². The third-order valence-corrected chi connectivity index (χ3v) is 3.15. The number of hydrogen-bond donors (Lipinski definition) is 1. The zero-order valence-corrected chi connectivity index (χ0v) is 8.60. The number of rotatable bonds is 0. The van der Waals surface area contributed by atoms with Crippen molar-refractivity contribution in [3.63, 3.8) is 0 Å². The molecule has 1 fully saturated rings. The number of ketones is 2. The summed E-state index contributed by atoms with van der Waals surface area (Å²) in [7, 11) is 0. The average molecular weight is 222 g/mol. The molecule has 1 saturated heterocycles. The highest BCUT2D eigenvalue weighted by molar-refractivity contribution is 6.21. The number of aliphatic hydroxyl groups excluding tert-OH is 1. The number of carbonyl (C=O) groups is 3. The van der Waals surface area contributed by atoms with Crippen LogP contribution in [0.15, 0.2) is 24.5 Å². The van der Waals surface area contributed by atoms with Gasteiger partial charge in [0.2, 0.25) is 5.78 Å². The molecule has 84 valence electrons. The fourth-order valence-electron chi connectivity index (χ4n) is 2.15. The summed E-state index contributed by atoms with van der Waals surface area (Å²) in [6.07, 6.45) is 0.904. The third-order valence-electron chi connectivity index (χ3n) is 3.15. The molecule has 0 aromatic heterocycles. The Morgan fingerprint density at radius 1 is 1.44 bits per heavy atom. The first-order chi connectivity index (χ1) is 7.42. The molecule has 0 aromatic carbocycles. The first kappa shape index (κ1) is 10.8. The van der Waals surface area contributed by atoms with E-state index in [-0.39, 0.29) is 5.76 Å². The summed E-state index contributed by atoms with van der Waals surface area (Å²) in [5, 5.41) is 9.79. The second-order valence-electron chi connectivity index (χ2n) is 3.96. The van der Waals surface area contributed by atoms with Crippen molar-refractivity contribution in [2.45, 2.75) is 13.0 Å². The van der Waals surface area contributed by atoms with Crippen molar-refractivity contribution in [2.24, 2.45) is 11.3 Å². The molecule has 1 heterocycles. The summed E-state index contributed by atoms with van der Waals surface area (Å²) in [5.41, 5.74) is -1.83. The SMILES string of the molecule is C=C1OC(=O)[C@]2(C1=O)[C@H](O)C(=O)C=C[C@@H]2C. The highest BCUT2D eigenvalue weighted by Crippen LogP contribution is 2.45. The maximum Gasteiger partial charge on any atom is 0.329 e. The lowest BCUT2D eigenvalue weighted by Crippen LogP contribution is -2.54. The van der Waals surface area contributed by atoms with Crippen LogP contribution in [0.4, 0.5) is 0 Å². The Bertz CT molecular complexity index is 447. The topological polar surface area (TPSA) is 80.7 Å². The predicted molar refractivity (Wildman–Crippen MR) is 52.0 cm³/mol. The Morgan fingerprint density at radius 2 is 2.06 bits per heavy atom. The van der Waals surface area contributed by atoms with E-state index in [2.05, 4.69) is 11.3 Å². The van der Waals surface area contributed by atoms with Gasteiger partial charge in [-0.3, -0.25) is 14.4 Å². The molecule has 16 heavy (non-hydrogen) atoms. The molecular formula is C11H10O5. The Labute approximate surface area is 91.4 Å². The van der Waals surface area contributed by atoms with Crippen LogP contribution in [-0.2, 0) is 19.1 Å². The van der Waals surface area contributed by atoms with E-state index in [0.717, 1.165) is 0 Å². The minimum absolute atomic E-state index is 0.320. The van der Waals surface area contributed by atoms with Crippen molar-refractivity contribution in [3.8, 4) is 0 Å². The highest BCUT2D eigenvalue weighted by atomic mass is 16.6. The fourth-order valence-corrected chi connectivity index (χ4v) is 2.15. The Kier molecular flexibility index (Phi) is 2.10. The lowest BCUT2D eigenvalue weighted by Gasteiger charge is -2.33. The molecule has 5 heteroatoms. The summed E-state index contributed by atoms with van der Waals surface area (Å²) in [6.45, 7) is 4.86. The van der Waals surface area contributed by atoms with Crippen molar-refractivity contribution in [1.82, 2.24) is 0 Å². The number of carbonyl (C=O) groups excluding carboxylic acids is 3. The van der Waals surface area contributed by atoms with Gasteiger partial charge in [0.15, 0.2) is 17.0 Å². The molecule has 0 amide bonds. The first-order valence-corrected chi connectivity index (χ1v) is 4.78. The number of hydrogen-bond acceptors (Lipinski definition) is 5. The van der Waals surface area contributed by atoms with E-state index in [0.29, 0.717) is 0 Å². The number of aliphatic hydroxyl groups is 1. The zero-order valence-electron chi connectivity index (χ0n) is 8.60. The molecule has 2 aliphatic rings. The maximum absolute atomic E-state index is 11.9. The number of esters is 1. The molecule has 1 spiro atoms. The van der Waals surface area contributed by atoms with Crippen LogP contribution in [0.25, 0.3) is 0 Å². The van der Waals surface area contributed by atoms with Crippen LogP contribution < -0.4 is 0 Å². The average Bonchev–Trinajstić information content (AvgIpc) is 2.45. The monoisotopic (exact) mass is 222 g/mol. The van der Waals surface area contributed by atoms with Gasteiger partial charge in [0.25, 0.3) is 0 Å². The molecular weight excluding hydrogens is 212 g/mol. The maximum atomic E-state index is 11.9. The second-order valence-corrected chi connectivity index (χ2v) is 3.96. The first-order valence-electron chi connectivity index (χ1n) is 4.78. The largest absolute Gasteiger partial charge is 0.422 e. The zero-order chi connectivity index (χ0) is 12.1. The van der Waals surface area contributed by atoms with Crippen LogP contribution in [0.1, 0.15) is 6.92 Å². The van der Waals surface area contributed by atoms with Crippen LogP contribution in [0, 0.1) is 11.3 Å². The molecule has 1 N–H and O–H groups in total. The van der Waals surface area contributed by atoms with Gasteiger partial charge in [-0.2, -0.15) is 0 Å². The fraction of sp³-hybridized carbons (Fsp3) is 0.364. The van der Waals surface area contributed by atoms with E-state index < -0.39 is 35.0 Å².